The van der Waals surface area contributed by atoms with E-state index in [4.69, 9.17) is 0 Å². The van der Waals surface area contributed by atoms with E-state index in [9.17, 15) is 14.3 Å². The van der Waals surface area contributed by atoms with Gasteiger partial charge in [0.05, 0.1) is 6.10 Å². The van der Waals surface area contributed by atoms with Crippen molar-refractivity contribution in [2.75, 3.05) is 19.6 Å². The number of carbonyl (C=O) groups is 1. The summed E-state index contributed by atoms with van der Waals surface area (Å²) < 4.78 is 13.0. The molecule has 3 nitrogen and oxygen atoms in total. The predicted octanol–water partition coefficient (Wildman–Crippen LogP) is 1.86. The van der Waals surface area contributed by atoms with E-state index in [1.807, 2.05) is 0 Å². The second-order valence-electron chi connectivity index (χ2n) is 4.76. The SMILES string of the molecule is O=C(CCN1CCC(O)CC1)c1cccc(F)c1. The number of aliphatic hydroxyl groups excluding tert-OH is 1. The normalized spacial score (nSPS) is 17.9. The molecule has 0 aliphatic carbocycles. The van der Waals surface area contributed by atoms with Crippen LogP contribution in [-0.4, -0.2) is 41.5 Å². The summed E-state index contributed by atoms with van der Waals surface area (Å²) in [5.41, 5.74) is 0.437. The lowest BCUT2D eigenvalue weighted by atomic mass is 10.1. The maximum absolute atomic E-state index is 13.0. The summed E-state index contributed by atoms with van der Waals surface area (Å²) in [6.45, 7) is 2.34. The van der Waals surface area contributed by atoms with Gasteiger partial charge in [-0.05, 0) is 25.0 Å². The second kappa shape index (κ2) is 6.07. The van der Waals surface area contributed by atoms with Gasteiger partial charge in [0.25, 0.3) is 0 Å². The molecule has 0 radical (unpaired) electrons. The molecule has 18 heavy (non-hydrogen) atoms. The van der Waals surface area contributed by atoms with Gasteiger partial charge in [0.1, 0.15) is 5.82 Å². The van der Waals surface area contributed by atoms with Crippen LogP contribution in [0.5, 0.6) is 0 Å². The van der Waals surface area contributed by atoms with Gasteiger partial charge in [-0.1, -0.05) is 12.1 Å². The first-order valence-corrected chi connectivity index (χ1v) is 6.34. The molecule has 1 aromatic carbocycles. The molecule has 1 N–H and O–H groups in total. The van der Waals surface area contributed by atoms with Crippen molar-refractivity contribution in [1.29, 1.82) is 0 Å². The number of aliphatic hydroxyl groups is 1. The van der Waals surface area contributed by atoms with Crippen LogP contribution in [0.25, 0.3) is 0 Å². The van der Waals surface area contributed by atoms with Gasteiger partial charge in [-0.25, -0.2) is 4.39 Å². The third kappa shape index (κ3) is 3.62. The van der Waals surface area contributed by atoms with Gasteiger partial charge in [0.2, 0.25) is 0 Å². The average Bonchev–Trinajstić information content (AvgIpc) is 2.38. The van der Waals surface area contributed by atoms with E-state index < -0.39 is 0 Å². The third-order valence-electron chi connectivity index (χ3n) is 3.36. The molecule has 1 aromatic rings. The van der Waals surface area contributed by atoms with Crippen LogP contribution in [-0.2, 0) is 0 Å². The summed E-state index contributed by atoms with van der Waals surface area (Å²) in [4.78, 5) is 14.0. The molecule has 1 fully saturated rings. The Morgan fingerprint density at radius 3 is 2.78 bits per heavy atom. The number of nitrogens with zero attached hydrogens (tertiary/aromatic N) is 1. The van der Waals surface area contributed by atoms with E-state index in [0.29, 0.717) is 18.5 Å². The quantitative estimate of drug-likeness (QED) is 0.830. The van der Waals surface area contributed by atoms with Crippen LogP contribution < -0.4 is 0 Å². The molecule has 1 aliphatic rings. The summed E-state index contributed by atoms with van der Waals surface area (Å²) in [5, 5.41) is 9.38. The fourth-order valence-corrected chi connectivity index (χ4v) is 2.21. The largest absolute Gasteiger partial charge is 0.393 e. The van der Waals surface area contributed by atoms with Crippen molar-refractivity contribution >= 4 is 5.78 Å². The zero-order chi connectivity index (χ0) is 13.0. The highest BCUT2D eigenvalue weighted by Crippen LogP contribution is 2.12. The van der Waals surface area contributed by atoms with E-state index in [-0.39, 0.29) is 17.7 Å². The molecule has 4 heteroatoms. The summed E-state index contributed by atoms with van der Waals surface area (Å²) >= 11 is 0. The number of benzene rings is 1. The number of hydrogen-bond donors (Lipinski definition) is 1. The van der Waals surface area contributed by atoms with Crippen LogP contribution in [0.2, 0.25) is 0 Å². The van der Waals surface area contributed by atoms with Crippen LogP contribution in [0.1, 0.15) is 29.6 Å². The molecule has 0 atom stereocenters. The Hall–Kier alpha value is -1.26. The van der Waals surface area contributed by atoms with E-state index in [2.05, 4.69) is 4.90 Å². The fourth-order valence-electron chi connectivity index (χ4n) is 2.21. The van der Waals surface area contributed by atoms with Crippen molar-refractivity contribution in [2.45, 2.75) is 25.4 Å². The lowest BCUT2D eigenvalue weighted by Crippen LogP contribution is -2.37. The minimum absolute atomic E-state index is 0.0272. The van der Waals surface area contributed by atoms with Gasteiger partial charge < -0.3 is 10.0 Å². The average molecular weight is 251 g/mol. The minimum atomic E-state index is -0.373. The van der Waals surface area contributed by atoms with Crippen LogP contribution in [0.3, 0.4) is 0 Å². The van der Waals surface area contributed by atoms with Crippen molar-refractivity contribution in [2.24, 2.45) is 0 Å². The summed E-state index contributed by atoms with van der Waals surface area (Å²) in [7, 11) is 0. The first-order chi connectivity index (χ1) is 8.65. The first-order valence-electron chi connectivity index (χ1n) is 6.34. The maximum atomic E-state index is 13.0. The topological polar surface area (TPSA) is 40.5 Å². The summed E-state index contributed by atoms with van der Waals surface area (Å²) in [6, 6.07) is 5.82. The lowest BCUT2D eigenvalue weighted by molar-refractivity contribution is 0.0778. The second-order valence-corrected chi connectivity index (χ2v) is 4.76. The van der Waals surface area contributed by atoms with Gasteiger partial charge in [-0.2, -0.15) is 0 Å². The number of piperidine rings is 1. The molecule has 1 heterocycles. The molecular formula is C14H18FNO2. The molecule has 0 unspecified atom stereocenters. The monoisotopic (exact) mass is 251 g/mol. The Bertz CT molecular complexity index is 414. The predicted molar refractivity (Wildman–Crippen MR) is 67.0 cm³/mol. The smallest absolute Gasteiger partial charge is 0.164 e. The Morgan fingerprint density at radius 1 is 1.39 bits per heavy atom. The zero-order valence-corrected chi connectivity index (χ0v) is 10.3. The van der Waals surface area contributed by atoms with E-state index in [0.717, 1.165) is 25.9 Å². The molecule has 0 bridgehead atoms. The number of halogens is 1. The van der Waals surface area contributed by atoms with Crippen LogP contribution >= 0.6 is 0 Å². The van der Waals surface area contributed by atoms with Crippen molar-refractivity contribution in [1.82, 2.24) is 4.90 Å². The van der Waals surface area contributed by atoms with Crippen molar-refractivity contribution in [3.8, 4) is 0 Å². The van der Waals surface area contributed by atoms with E-state index >= 15 is 0 Å². The molecule has 0 aromatic heterocycles. The molecule has 1 aliphatic heterocycles. The molecule has 98 valence electrons. The fraction of sp³-hybridized carbons (Fsp3) is 0.500. The molecule has 0 saturated carbocycles. The highest BCUT2D eigenvalue weighted by molar-refractivity contribution is 5.96. The Kier molecular flexibility index (Phi) is 4.44. The Balaban J connectivity index is 1.81. The number of ketones is 1. The minimum Gasteiger partial charge on any atom is -0.393 e. The maximum Gasteiger partial charge on any atom is 0.164 e. The number of carbonyl (C=O) groups excluding carboxylic acids is 1. The molecule has 0 spiro atoms. The molecular weight excluding hydrogens is 233 g/mol. The third-order valence-corrected chi connectivity index (χ3v) is 3.36. The Labute approximate surface area is 106 Å². The van der Waals surface area contributed by atoms with Crippen molar-refractivity contribution in [3.05, 3.63) is 35.6 Å². The van der Waals surface area contributed by atoms with Crippen molar-refractivity contribution < 1.29 is 14.3 Å². The zero-order valence-electron chi connectivity index (χ0n) is 10.3. The van der Waals surface area contributed by atoms with Crippen LogP contribution in [0.15, 0.2) is 24.3 Å². The molecule has 2 rings (SSSR count). The highest BCUT2D eigenvalue weighted by atomic mass is 19.1. The number of Topliss-reactive ketones (excluding diaryl/α,β-unsaturated/α-hetero) is 1. The van der Waals surface area contributed by atoms with E-state index in [1.54, 1.807) is 12.1 Å². The molecule has 1 saturated heterocycles. The van der Waals surface area contributed by atoms with Gasteiger partial charge in [-0.3, -0.25) is 4.79 Å². The molecule has 0 amide bonds. The van der Waals surface area contributed by atoms with E-state index in [1.165, 1.54) is 12.1 Å². The lowest BCUT2D eigenvalue weighted by Gasteiger charge is -2.29. The highest BCUT2D eigenvalue weighted by Gasteiger charge is 2.17. The number of hydrogen-bond acceptors (Lipinski definition) is 3. The van der Waals surface area contributed by atoms with Gasteiger partial charge in [-0.15, -0.1) is 0 Å². The standard InChI is InChI=1S/C14H18FNO2/c15-12-3-1-2-11(10-12)14(18)6-9-16-7-4-13(17)5-8-16/h1-3,10,13,17H,4-9H2. The first kappa shape index (κ1) is 13.2. The van der Waals surface area contributed by atoms with Crippen LogP contribution in [0, 0.1) is 5.82 Å². The summed E-state index contributed by atoms with van der Waals surface area (Å²) in [5.74, 6) is -0.400. The van der Waals surface area contributed by atoms with Gasteiger partial charge in [0.15, 0.2) is 5.78 Å². The van der Waals surface area contributed by atoms with Gasteiger partial charge in [0, 0.05) is 31.6 Å². The van der Waals surface area contributed by atoms with Crippen LogP contribution in [0.4, 0.5) is 4.39 Å². The summed E-state index contributed by atoms with van der Waals surface area (Å²) in [6.07, 6.45) is 1.75. The van der Waals surface area contributed by atoms with Crippen molar-refractivity contribution in [3.63, 3.8) is 0 Å². The number of likely N-dealkylation sites (tertiary alicyclic amines) is 1. The Morgan fingerprint density at radius 2 is 2.11 bits per heavy atom. The number of rotatable bonds is 4. The van der Waals surface area contributed by atoms with Gasteiger partial charge >= 0.3 is 0 Å².